The van der Waals surface area contributed by atoms with Gasteiger partial charge in [-0.1, -0.05) is 0 Å². The van der Waals surface area contributed by atoms with E-state index in [9.17, 15) is 9.18 Å². The SMILES string of the molecule is O=C(CNc1ccc(-c2nn[nH]n2)cn1)N1CCC[C@@H]1CF. The van der Waals surface area contributed by atoms with Gasteiger partial charge in [0.2, 0.25) is 11.7 Å². The minimum atomic E-state index is -0.483. The van der Waals surface area contributed by atoms with Crippen molar-refractivity contribution in [1.29, 1.82) is 0 Å². The molecule has 1 amide bonds. The number of amides is 1. The van der Waals surface area contributed by atoms with Gasteiger partial charge >= 0.3 is 0 Å². The minimum absolute atomic E-state index is 0.102. The molecule has 0 aromatic carbocycles. The quantitative estimate of drug-likeness (QED) is 0.840. The Hall–Kier alpha value is -2.58. The van der Waals surface area contributed by atoms with Crippen molar-refractivity contribution in [3.8, 4) is 11.4 Å². The smallest absolute Gasteiger partial charge is 0.242 e. The van der Waals surface area contributed by atoms with Gasteiger partial charge in [-0.2, -0.15) is 5.21 Å². The second kappa shape index (κ2) is 6.46. The number of aromatic nitrogens is 5. The van der Waals surface area contributed by atoms with Crippen molar-refractivity contribution >= 4 is 11.7 Å². The lowest BCUT2D eigenvalue weighted by Crippen LogP contribution is -2.40. The van der Waals surface area contributed by atoms with Gasteiger partial charge in [0.25, 0.3) is 0 Å². The first-order valence-electron chi connectivity index (χ1n) is 7.07. The van der Waals surface area contributed by atoms with E-state index in [1.165, 1.54) is 0 Å². The number of aromatic amines is 1. The summed E-state index contributed by atoms with van der Waals surface area (Å²) in [5, 5.41) is 16.5. The standard InChI is InChI=1S/C13H16FN7O/c14-6-10-2-1-5-21(10)12(22)8-16-11-4-3-9(7-15-11)13-17-19-20-18-13/h3-4,7,10H,1-2,5-6,8H2,(H,15,16)(H,17,18,19,20)/t10-/m1/s1. The van der Waals surface area contributed by atoms with E-state index in [-0.39, 0.29) is 18.5 Å². The molecule has 8 nitrogen and oxygen atoms in total. The van der Waals surface area contributed by atoms with Crippen LogP contribution in [0.2, 0.25) is 0 Å². The molecular formula is C13H16FN7O. The fourth-order valence-electron chi connectivity index (χ4n) is 2.51. The topological polar surface area (TPSA) is 99.7 Å². The highest BCUT2D eigenvalue weighted by Gasteiger charge is 2.28. The Bertz CT molecular complexity index is 616. The average Bonchev–Trinajstić information content (AvgIpc) is 3.24. The van der Waals surface area contributed by atoms with Crippen molar-refractivity contribution in [2.24, 2.45) is 0 Å². The lowest BCUT2D eigenvalue weighted by Gasteiger charge is -2.22. The number of hydrogen-bond acceptors (Lipinski definition) is 6. The molecule has 0 bridgehead atoms. The van der Waals surface area contributed by atoms with E-state index in [1.807, 2.05) is 0 Å². The van der Waals surface area contributed by atoms with E-state index >= 15 is 0 Å². The maximum absolute atomic E-state index is 12.8. The van der Waals surface area contributed by atoms with Crippen LogP contribution >= 0.6 is 0 Å². The zero-order valence-corrected chi connectivity index (χ0v) is 11.9. The molecule has 0 radical (unpaired) electrons. The van der Waals surface area contributed by atoms with Crippen LogP contribution in [-0.4, -0.2) is 62.2 Å². The van der Waals surface area contributed by atoms with Gasteiger partial charge in [-0.25, -0.2) is 9.37 Å². The number of carbonyl (C=O) groups excluding carboxylic acids is 1. The Kier molecular flexibility index (Phi) is 4.22. The van der Waals surface area contributed by atoms with Gasteiger partial charge in [0.05, 0.1) is 12.6 Å². The monoisotopic (exact) mass is 305 g/mol. The molecule has 0 saturated carbocycles. The van der Waals surface area contributed by atoms with Crippen molar-refractivity contribution in [2.75, 3.05) is 25.1 Å². The largest absolute Gasteiger partial charge is 0.361 e. The molecule has 1 aliphatic heterocycles. The number of carbonyl (C=O) groups is 1. The lowest BCUT2D eigenvalue weighted by molar-refractivity contribution is -0.130. The second-order valence-electron chi connectivity index (χ2n) is 5.06. The van der Waals surface area contributed by atoms with Crippen LogP contribution in [0.15, 0.2) is 18.3 Å². The van der Waals surface area contributed by atoms with E-state index < -0.39 is 6.67 Å². The summed E-state index contributed by atoms with van der Waals surface area (Å²) in [6.07, 6.45) is 3.19. The molecule has 1 atom stereocenters. The minimum Gasteiger partial charge on any atom is -0.361 e. The first kappa shape index (κ1) is 14.4. The second-order valence-corrected chi connectivity index (χ2v) is 5.06. The molecule has 0 unspecified atom stereocenters. The summed E-state index contributed by atoms with van der Waals surface area (Å²) in [5.41, 5.74) is 0.725. The van der Waals surface area contributed by atoms with E-state index in [0.717, 1.165) is 18.4 Å². The average molecular weight is 305 g/mol. The molecule has 9 heteroatoms. The van der Waals surface area contributed by atoms with Gasteiger partial charge in [-0.05, 0) is 30.2 Å². The third-order valence-corrected chi connectivity index (χ3v) is 3.66. The van der Waals surface area contributed by atoms with Crippen LogP contribution in [0.4, 0.5) is 10.2 Å². The molecule has 1 saturated heterocycles. The molecule has 1 aliphatic rings. The van der Waals surface area contributed by atoms with Crippen LogP contribution in [0.25, 0.3) is 11.4 Å². The first-order valence-corrected chi connectivity index (χ1v) is 7.07. The predicted molar refractivity (Wildman–Crippen MR) is 76.6 cm³/mol. The van der Waals surface area contributed by atoms with Gasteiger partial charge in [0.15, 0.2) is 0 Å². The summed E-state index contributed by atoms with van der Waals surface area (Å²) in [5.74, 6) is 0.916. The number of anilines is 1. The summed E-state index contributed by atoms with van der Waals surface area (Å²) in [6, 6.07) is 3.24. The Labute approximate surface area is 126 Å². The number of nitrogens with one attached hydrogen (secondary N) is 2. The maximum atomic E-state index is 12.8. The number of hydrogen-bond donors (Lipinski definition) is 2. The number of alkyl halides is 1. The van der Waals surface area contributed by atoms with Gasteiger partial charge in [0.1, 0.15) is 12.5 Å². The molecular weight excluding hydrogens is 289 g/mol. The van der Waals surface area contributed by atoms with Gasteiger partial charge < -0.3 is 10.2 Å². The number of pyridine rings is 1. The van der Waals surface area contributed by atoms with Crippen LogP contribution in [0.3, 0.4) is 0 Å². The van der Waals surface area contributed by atoms with E-state index in [2.05, 4.69) is 30.9 Å². The van der Waals surface area contributed by atoms with Crippen molar-refractivity contribution in [2.45, 2.75) is 18.9 Å². The zero-order valence-electron chi connectivity index (χ0n) is 11.9. The number of H-pyrrole nitrogens is 1. The molecule has 2 N–H and O–H groups in total. The third kappa shape index (κ3) is 3.02. The number of likely N-dealkylation sites (tertiary alicyclic amines) is 1. The summed E-state index contributed by atoms with van der Waals surface area (Å²) < 4.78 is 12.8. The molecule has 3 heterocycles. The summed E-state index contributed by atoms with van der Waals surface area (Å²) in [4.78, 5) is 17.9. The predicted octanol–water partition coefficient (Wildman–Crippen LogP) is 0.634. The molecule has 3 rings (SSSR count). The molecule has 22 heavy (non-hydrogen) atoms. The fraction of sp³-hybridized carbons (Fsp3) is 0.462. The number of rotatable bonds is 5. The summed E-state index contributed by atoms with van der Waals surface area (Å²) in [7, 11) is 0. The highest BCUT2D eigenvalue weighted by molar-refractivity contribution is 5.81. The molecule has 0 aliphatic carbocycles. The van der Waals surface area contributed by atoms with Crippen molar-refractivity contribution in [3.05, 3.63) is 18.3 Å². The first-order chi connectivity index (χ1) is 10.8. The zero-order chi connectivity index (χ0) is 15.4. The van der Waals surface area contributed by atoms with Crippen LogP contribution in [0.1, 0.15) is 12.8 Å². The number of halogens is 1. The van der Waals surface area contributed by atoms with E-state index in [4.69, 9.17) is 0 Å². The maximum Gasteiger partial charge on any atom is 0.242 e. The van der Waals surface area contributed by atoms with Crippen LogP contribution in [0.5, 0.6) is 0 Å². The van der Waals surface area contributed by atoms with Crippen LogP contribution in [0, 0.1) is 0 Å². The molecule has 1 fully saturated rings. The van der Waals surface area contributed by atoms with E-state index in [1.54, 1.807) is 23.2 Å². The Morgan fingerprint density at radius 1 is 1.50 bits per heavy atom. The van der Waals surface area contributed by atoms with Gasteiger partial charge in [-0.15, -0.1) is 10.2 Å². The van der Waals surface area contributed by atoms with Gasteiger partial charge in [-0.3, -0.25) is 4.79 Å². The molecule has 2 aromatic rings. The Balaban J connectivity index is 1.56. The molecule has 116 valence electrons. The Morgan fingerprint density at radius 3 is 3.09 bits per heavy atom. The highest BCUT2D eigenvalue weighted by Crippen LogP contribution is 2.18. The number of nitrogens with zero attached hydrogens (tertiary/aromatic N) is 5. The fourth-order valence-corrected chi connectivity index (χ4v) is 2.51. The van der Waals surface area contributed by atoms with Crippen LogP contribution in [-0.2, 0) is 4.79 Å². The van der Waals surface area contributed by atoms with Crippen molar-refractivity contribution in [1.82, 2.24) is 30.5 Å². The lowest BCUT2D eigenvalue weighted by atomic mass is 10.2. The highest BCUT2D eigenvalue weighted by atomic mass is 19.1. The summed E-state index contributed by atoms with van der Waals surface area (Å²) in [6.45, 7) is 0.244. The third-order valence-electron chi connectivity index (χ3n) is 3.66. The number of tetrazole rings is 1. The van der Waals surface area contributed by atoms with Crippen LogP contribution < -0.4 is 5.32 Å². The van der Waals surface area contributed by atoms with Gasteiger partial charge in [0, 0.05) is 18.3 Å². The molecule has 2 aromatic heterocycles. The Morgan fingerprint density at radius 2 is 2.41 bits per heavy atom. The van der Waals surface area contributed by atoms with Crippen molar-refractivity contribution in [3.63, 3.8) is 0 Å². The summed E-state index contributed by atoms with van der Waals surface area (Å²) >= 11 is 0. The normalized spacial score (nSPS) is 17.7. The van der Waals surface area contributed by atoms with Crippen molar-refractivity contribution < 1.29 is 9.18 Å². The molecule has 0 spiro atoms. The van der Waals surface area contributed by atoms with E-state index in [0.29, 0.717) is 18.2 Å².